The summed E-state index contributed by atoms with van der Waals surface area (Å²) in [7, 11) is -3.71. The van der Waals surface area contributed by atoms with Crippen LogP contribution in [0, 0.1) is 0 Å². The van der Waals surface area contributed by atoms with Gasteiger partial charge in [0, 0.05) is 0 Å². The Bertz CT molecular complexity index is 414. The van der Waals surface area contributed by atoms with Gasteiger partial charge in [-0.25, -0.2) is 0 Å². The molecule has 0 aliphatic heterocycles. The van der Waals surface area contributed by atoms with Gasteiger partial charge in [0.2, 0.25) is 0 Å². The van der Waals surface area contributed by atoms with Crippen molar-refractivity contribution in [3.63, 3.8) is 0 Å². The number of nitrogens with two attached hydrogens (primary N) is 1. The third-order valence-electron chi connectivity index (χ3n) is 2.17. The first kappa shape index (κ1) is 16.9. The Kier molecular flexibility index (Phi) is 8.07. The van der Waals surface area contributed by atoms with Crippen LogP contribution in [-0.2, 0) is 10.1 Å². The van der Waals surface area contributed by atoms with Crippen LogP contribution in [0.5, 0.6) is 5.75 Å². The van der Waals surface area contributed by atoms with E-state index in [1.165, 1.54) is 0 Å². The van der Waals surface area contributed by atoms with Crippen molar-refractivity contribution in [2.75, 3.05) is 0 Å². The Morgan fingerprint density at radius 1 is 1.35 bits per heavy atom. The van der Waals surface area contributed by atoms with Crippen LogP contribution in [0.1, 0.15) is 27.6 Å². The normalized spacial score (nSPS) is 12.6. The van der Waals surface area contributed by atoms with E-state index in [1.54, 1.807) is 30.3 Å². The SMILES string of the molecule is CCCCC(N)S(=O)(=O)Oc1ccccc1.[H-].[Na+]. The molecule has 0 aliphatic carbocycles. The number of unbranched alkanes of at least 4 members (excludes halogenated alkanes) is 1. The maximum atomic E-state index is 11.7. The zero-order valence-electron chi connectivity index (χ0n) is 11.3. The summed E-state index contributed by atoms with van der Waals surface area (Å²) >= 11 is 0. The Hall–Kier alpha value is -0.0700. The van der Waals surface area contributed by atoms with Crippen molar-refractivity contribution in [3.05, 3.63) is 30.3 Å². The van der Waals surface area contributed by atoms with Gasteiger partial charge in [0.1, 0.15) is 11.1 Å². The summed E-state index contributed by atoms with van der Waals surface area (Å²) in [5, 5.41) is -0.951. The zero-order chi connectivity index (χ0) is 12.0. The molecule has 6 heteroatoms. The monoisotopic (exact) mass is 267 g/mol. The van der Waals surface area contributed by atoms with Crippen molar-refractivity contribution >= 4 is 10.1 Å². The quantitative estimate of drug-likeness (QED) is 0.529. The van der Waals surface area contributed by atoms with Crippen molar-refractivity contribution < 1.29 is 43.6 Å². The van der Waals surface area contributed by atoms with E-state index in [4.69, 9.17) is 9.92 Å². The van der Waals surface area contributed by atoms with E-state index in [-0.39, 0.29) is 31.0 Å². The minimum atomic E-state index is -3.71. The van der Waals surface area contributed by atoms with Gasteiger partial charge in [-0.2, -0.15) is 8.42 Å². The number of hydrogen-bond acceptors (Lipinski definition) is 4. The van der Waals surface area contributed by atoms with Crippen molar-refractivity contribution in [2.24, 2.45) is 5.73 Å². The number of rotatable bonds is 6. The van der Waals surface area contributed by atoms with E-state index >= 15 is 0 Å². The summed E-state index contributed by atoms with van der Waals surface area (Å²) in [5.41, 5.74) is 5.57. The second kappa shape index (κ2) is 8.11. The van der Waals surface area contributed by atoms with Gasteiger partial charge in [0.05, 0.1) is 0 Å². The third kappa shape index (κ3) is 5.88. The van der Waals surface area contributed by atoms with Crippen LogP contribution in [0.4, 0.5) is 0 Å². The first-order valence-electron chi connectivity index (χ1n) is 5.30. The Balaban J connectivity index is 0. The largest absolute Gasteiger partial charge is 1.00 e. The van der Waals surface area contributed by atoms with Crippen LogP contribution in [-0.4, -0.2) is 13.8 Å². The van der Waals surface area contributed by atoms with Crippen molar-refractivity contribution in [3.8, 4) is 5.75 Å². The van der Waals surface area contributed by atoms with E-state index < -0.39 is 15.5 Å². The maximum absolute atomic E-state index is 11.7. The summed E-state index contributed by atoms with van der Waals surface area (Å²) in [6.45, 7) is 1.98. The molecular weight excluding hydrogens is 249 g/mol. The van der Waals surface area contributed by atoms with Crippen LogP contribution < -0.4 is 39.5 Å². The molecule has 2 N–H and O–H groups in total. The summed E-state index contributed by atoms with van der Waals surface area (Å²) in [6.07, 6.45) is 2.11. The minimum absolute atomic E-state index is 0. The smallest absolute Gasteiger partial charge is 1.00 e. The topological polar surface area (TPSA) is 69.4 Å². The summed E-state index contributed by atoms with van der Waals surface area (Å²) in [4.78, 5) is 0. The standard InChI is InChI=1S/C11H17NO3S.Na.H/c1-2-3-9-11(12)16(13,14)15-10-7-5-4-6-8-10;;/h4-8,11H,2-3,9,12H2,1H3;;/q;+1;-1. The molecule has 0 aliphatic rings. The van der Waals surface area contributed by atoms with Gasteiger partial charge in [-0.3, -0.25) is 0 Å². The van der Waals surface area contributed by atoms with Gasteiger partial charge < -0.3 is 11.3 Å². The molecule has 4 nitrogen and oxygen atoms in total. The molecule has 0 heterocycles. The average molecular weight is 267 g/mol. The van der Waals surface area contributed by atoms with Crippen molar-refractivity contribution in [1.29, 1.82) is 0 Å². The van der Waals surface area contributed by atoms with E-state index in [0.717, 1.165) is 12.8 Å². The van der Waals surface area contributed by atoms with Crippen molar-refractivity contribution in [2.45, 2.75) is 31.6 Å². The van der Waals surface area contributed by atoms with E-state index in [0.29, 0.717) is 12.2 Å². The zero-order valence-corrected chi connectivity index (χ0v) is 13.1. The number of hydrogen-bond donors (Lipinski definition) is 1. The van der Waals surface area contributed by atoms with E-state index in [2.05, 4.69) is 0 Å². The molecular formula is C11H18NNaO3S. The van der Waals surface area contributed by atoms with E-state index in [1.807, 2.05) is 6.92 Å². The second-order valence-electron chi connectivity index (χ2n) is 3.57. The Morgan fingerprint density at radius 3 is 2.47 bits per heavy atom. The summed E-state index contributed by atoms with van der Waals surface area (Å²) < 4.78 is 28.2. The molecule has 0 bridgehead atoms. The molecule has 1 aromatic carbocycles. The van der Waals surface area contributed by atoms with Gasteiger partial charge in [-0.1, -0.05) is 38.0 Å². The van der Waals surface area contributed by atoms with Crippen LogP contribution in [0.3, 0.4) is 0 Å². The number of para-hydroxylation sites is 1. The molecule has 0 saturated carbocycles. The molecule has 92 valence electrons. The predicted molar refractivity (Wildman–Crippen MR) is 64.6 cm³/mol. The van der Waals surface area contributed by atoms with Crippen LogP contribution in [0.25, 0.3) is 0 Å². The van der Waals surface area contributed by atoms with Gasteiger partial charge >= 0.3 is 39.7 Å². The first-order chi connectivity index (χ1) is 7.56. The van der Waals surface area contributed by atoms with E-state index in [9.17, 15) is 8.42 Å². The predicted octanol–water partition coefficient (Wildman–Crippen LogP) is -1.01. The van der Waals surface area contributed by atoms with Crippen LogP contribution in [0.2, 0.25) is 0 Å². The van der Waals surface area contributed by atoms with Crippen LogP contribution in [0.15, 0.2) is 30.3 Å². The average Bonchev–Trinajstić information content (AvgIpc) is 2.26. The van der Waals surface area contributed by atoms with Crippen molar-refractivity contribution in [1.82, 2.24) is 0 Å². The fourth-order valence-electron chi connectivity index (χ4n) is 1.22. The molecule has 0 spiro atoms. The Labute approximate surface area is 126 Å². The molecule has 0 saturated heterocycles. The summed E-state index contributed by atoms with van der Waals surface area (Å²) in [5.74, 6) is 0.300. The van der Waals surface area contributed by atoms with Gasteiger partial charge in [0.15, 0.2) is 0 Å². The maximum Gasteiger partial charge on any atom is 1.00 e. The number of benzene rings is 1. The Morgan fingerprint density at radius 2 is 1.94 bits per heavy atom. The van der Waals surface area contributed by atoms with Crippen LogP contribution >= 0.6 is 0 Å². The van der Waals surface area contributed by atoms with Gasteiger partial charge in [0.25, 0.3) is 0 Å². The summed E-state index contributed by atoms with van der Waals surface area (Å²) in [6, 6.07) is 8.38. The first-order valence-corrected chi connectivity index (χ1v) is 6.77. The molecule has 17 heavy (non-hydrogen) atoms. The van der Waals surface area contributed by atoms with Gasteiger partial charge in [-0.05, 0) is 18.6 Å². The third-order valence-corrected chi connectivity index (χ3v) is 3.57. The molecule has 0 amide bonds. The molecule has 1 unspecified atom stereocenters. The fraction of sp³-hybridized carbons (Fsp3) is 0.455. The molecule has 0 radical (unpaired) electrons. The molecule has 1 aromatic rings. The second-order valence-corrected chi connectivity index (χ2v) is 5.33. The molecule has 0 aromatic heterocycles. The molecule has 0 fully saturated rings. The molecule has 1 rings (SSSR count). The van der Waals surface area contributed by atoms with Gasteiger partial charge in [-0.15, -0.1) is 0 Å². The fourth-order valence-corrected chi connectivity index (χ4v) is 2.18. The minimum Gasteiger partial charge on any atom is -1.00 e. The molecule has 1 atom stereocenters.